The molecule has 0 saturated carbocycles. The zero-order valence-electron chi connectivity index (χ0n) is 8.25. The van der Waals surface area contributed by atoms with Crippen molar-refractivity contribution < 1.29 is 4.79 Å². The van der Waals surface area contributed by atoms with Crippen LogP contribution in [0.5, 0.6) is 0 Å². The Morgan fingerprint density at radius 1 is 1.71 bits per heavy atom. The van der Waals surface area contributed by atoms with Crippen molar-refractivity contribution in [3.8, 4) is 0 Å². The average Bonchev–Trinajstić information content (AvgIpc) is 2.52. The van der Waals surface area contributed by atoms with Gasteiger partial charge >= 0.3 is 0 Å². The molecule has 0 unspecified atom stereocenters. The lowest BCUT2D eigenvalue weighted by molar-refractivity contribution is -0.120. The van der Waals surface area contributed by atoms with Gasteiger partial charge < -0.3 is 11.1 Å². The Morgan fingerprint density at radius 3 is 3.07 bits per heavy atom. The molecule has 1 rings (SSSR count). The number of aryl methyl sites for hydroxylation is 1. The maximum Gasteiger partial charge on any atom is 0.221 e. The summed E-state index contributed by atoms with van der Waals surface area (Å²) in [5.74, 6) is 0.0134. The normalized spacial score (nSPS) is 10.1. The van der Waals surface area contributed by atoms with Crippen LogP contribution < -0.4 is 11.1 Å². The first-order valence-electron chi connectivity index (χ1n) is 4.60. The number of rotatable bonds is 5. The molecule has 1 heterocycles. The summed E-state index contributed by atoms with van der Waals surface area (Å²) in [5.41, 5.74) is 6.29. The number of thiazole rings is 1. The molecular weight excluding hydrogens is 198 g/mol. The molecule has 1 amide bonds. The fraction of sp³-hybridized carbons (Fsp3) is 0.556. The fourth-order valence-corrected chi connectivity index (χ4v) is 1.72. The lowest BCUT2D eigenvalue weighted by atomic mass is 10.3. The van der Waals surface area contributed by atoms with Gasteiger partial charge in [0.25, 0.3) is 0 Å². The second-order valence-electron chi connectivity index (χ2n) is 3.00. The molecule has 78 valence electrons. The molecule has 0 bridgehead atoms. The first kappa shape index (κ1) is 11.1. The van der Waals surface area contributed by atoms with E-state index in [1.807, 2.05) is 12.3 Å². The average molecular weight is 213 g/mol. The van der Waals surface area contributed by atoms with Gasteiger partial charge in [-0.3, -0.25) is 4.79 Å². The van der Waals surface area contributed by atoms with Crippen molar-refractivity contribution in [2.45, 2.75) is 19.8 Å². The fourth-order valence-electron chi connectivity index (χ4n) is 1.07. The molecule has 0 aliphatic carbocycles. The third kappa shape index (κ3) is 3.85. The molecule has 14 heavy (non-hydrogen) atoms. The Balaban J connectivity index is 2.18. The SMILES string of the molecule is Cc1nc(CCNC(=O)CCN)cs1. The minimum absolute atomic E-state index is 0.0134. The van der Waals surface area contributed by atoms with Crippen LogP contribution in [0.4, 0.5) is 0 Å². The highest BCUT2D eigenvalue weighted by Gasteiger charge is 2.00. The van der Waals surface area contributed by atoms with Gasteiger partial charge in [0.05, 0.1) is 10.7 Å². The molecule has 0 spiro atoms. The van der Waals surface area contributed by atoms with Crippen molar-refractivity contribution in [3.63, 3.8) is 0 Å². The lowest BCUT2D eigenvalue weighted by Gasteiger charge is -2.01. The molecule has 0 atom stereocenters. The van der Waals surface area contributed by atoms with Gasteiger partial charge in [-0.2, -0.15) is 0 Å². The van der Waals surface area contributed by atoms with Crippen LogP contribution in [-0.4, -0.2) is 24.0 Å². The summed E-state index contributed by atoms with van der Waals surface area (Å²) in [6.07, 6.45) is 1.19. The molecule has 0 aliphatic rings. The maximum absolute atomic E-state index is 11.0. The molecular formula is C9H15N3OS. The summed E-state index contributed by atoms with van der Waals surface area (Å²) >= 11 is 1.63. The molecule has 0 fully saturated rings. The van der Waals surface area contributed by atoms with Crippen LogP contribution in [0.1, 0.15) is 17.1 Å². The Morgan fingerprint density at radius 2 is 2.50 bits per heavy atom. The van der Waals surface area contributed by atoms with Gasteiger partial charge in [0, 0.05) is 31.3 Å². The van der Waals surface area contributed by atoms with E-state index < -0.39 is 0 Å². The third-order valence-electron chi connectivity index (χ3n) is 1.74. The topological polar surface area (TPSA) is 68.0 Å². The molecule has 3 N–H and O–H groups in total. The van der Waals surface area contributed by atoms with Crippen molar-refractivity contribution >= 4 is 17.2 Å². The summed E-state index contributed by atoms with van der Waals surface area (Å²) < 4.78 is 0. The monoisotopic (exact) mass is 213 g/mol. The Hall–Kier alpha value is -0.940. The van der Waals surface area contributed by atoms with Crippen molar-refractivity contribution in [2.75, 3.05) is 13.1 Å². The second kappa shape index (κ2) is 5.72. The van der Waals surface area contributed by atoms with Crippen LogP contribution >= 0.6 is 11.3 Å². The first-order chi connectivity index (χ1) is 6.72. The van der Waals surface area contributed by atoms with E-state index in [2.05, 4.69) is 10.3 Å². The number of amides is 1. The zero-order chi connectivity index (χ0) is 10.4. The minimum atomic E-state index is 0.0134. The minimum Gasteiger partial charge on any atom is -0.356 e. The summed E-state index contributed by atoms with van der Waals surface area (Å²) in [4.78, 5) is 15.3. The van der Waals surface area contributed by atoms with E-state index in [-0.39, 0.29) is 5.91 Å². The Labute approximate surface area is 87.5 Å². The highest BCUT2D eigenvalue weighted by Crippen LogP contribution is 2.07. The third-order valence-corrected chi connectivity index (χ3v) is 2.56. The standard InChI is InChI=1S/C9H15N3OS/c1-7-12-8(6-14-7)3-5-11-9(13)2-4-10/h6H,2-5,10H2,1H3,(H,11,13). The van der Waals surface area contributed by atoms with Gasteiger partial charge in [-0.15, -0.1) is 11.3 Å². The van der Waals surface area contributed by atoms with Crippen molar-refractivity contribution in [1.82, 2.24) is 10.3 Å². The molecule has 1 aromatic heterocycles. The lowest BCUT2D eigenvalue weighted by Crippen LogP contribution is -2.27. The molecule has 0 saturated heterocycles. The van der Waals surface area contributed by atoms with Crippen molar-refractivity contribution in [2.24, 2.45) is 5.73 Å². The van der Waals surface area contributed by atoms with Gasteiger partial charge in [0.15, 0.2) is 0 Å². The number of carbonyl (C=O) groups is 1. The molecule has 4 nitrogen and oxygen atoms in total. The molecule has 5 heteroatoms. The Bertz CT molecular complexity index is 298. The van der Waals surface area contributed by atoms with Crippen LogP contribution in [0.2, 0.25) is 0 Å². The summed E-state index contributed by atoms with van der Waals surface area (Å²) in [7, 11) is 0. The van der Waals surface area contributed by atoms with E-state index in [1.54, 1.807) is 11.3 Å². The summed E-state index contributed by atoms with van der Waals surface area (Å²) in [6.45, 7) is 3.02. The number of aromatic nitrogens is 1. The van der Waals surface area contributed by atoms with Crippen LogP contribution in [0, 0.1) is 6.92 Å². The predicted molar refractivity (Wildman–Crippen MR) is 57.2 cm³/mol. The number of hydrogen-bond donors (Lipinski definition) is 2. The van der Waals surface area contributed by atoms with Gasteiger partial charge in [0.1, 0.15) is 0 Å². The van der Waals surface area contributed by atoms with E-state index in [9.17, 15) is 4.79 Å². The number of nitrogens with zero attached hydrogens (tertiary/aromatic N) is 1. The largest absolute Gasteiger partial charge is 0.356 e. The van der Waals surface area contributed by atoms with Gasteiger partial charge in [-0.1, -0.05) is 0 Å². The van der Waals surface area contributed by atoms with E-state index >= 15 is 0 Å². The van der Waals surface area contributed by atoms with E-state index in [0.29, 0.717) is 19.5 Å². The number of nitrogens with two attached hydrogens (primary N) is 1. The van der Waals surface area contributed by atoms with E-state index in [0.717, 1.165) is 17.1 Å². The molecule has 0 radical (unpaired) electrons. The number of hydrogen-bond acceptors (Lipinski definition) is 4. The molecule has 1 aromatic rings. The maximum atomic E-state index is 11.0. The van der Waals surface area contributed by atoms with Crippen LogP contribution in [-0.2, 0) is 11.2 Å². The van der Waals surface area contributed by atoms with Crippen molar-refractivity contribution in [3.05, 3.63) is 16.1 Å². The zero-order valence-corrected chi connectivity index (χ0v) is 9.06. The number of nitrogens with one attached hydrogen (secondary N) is 1. The highest BCUT2D eigenvalue weighted by atomic mass is 32.1. The van der Waals surface area contributed by atoms with Crippen LogP contribution in [0.15, 0.2) is 5.38 Å². The van der Waals surface area contributed by atoms with Gasteiger partial charge in [-0.25, -0.2) is 4.98 Å². The van der Waals surface area contributed by atoms with E-state index in [1.165, 1.54) is 0 Å². The summed E-state index contributed by atoms with van der Waals surface area (Å²) in [5, 5.41) is 5.87. The quantitative estimate of drug-likeness (QED) is 0.746. The second-order valence-corrected chi connectivity index (χ2v) is 4.06. The van der Waals surface area contributed by atoms with Crippen LogP contribution in [0.3, 0.4) is 0 Å². The van der Waals surface area contributed by atoms with Gasteiger partial charge in [-0.05, 0) is 6.92 Å². The molecule has 0 aromatic carbocycles. The van der Waals surface area contributed by atoms with Crippen LogP contribution in [0.25, 0.3) is 0 Å². The van der Waals surface area contributed by atoms with E-state index in [4.69, 9.17) is 5.73 Å². The number of carbonyl (C=O) groups excluding carboxylic acids is 1. The smallest absolute Gasteiger partial charge is 0.221 e. The predicted octanol–water partition coefficient (Wildman–Crippen LogP) is 0.459. The highest BCUT2D eigenvalue weighted by molar-refractivity contribution is 7.09. The molecule has 0 aliphatic heterocycles. The van der Waals surface area contributed by atoms with Crippen molar-refractivity contribution in [1.29, 1.82) is 0 Å². The Kier molecular flexibility index (Phi) is 4.55. The van der Waals surface area contributed by atoms with Gasteiger partial charge in [0.2, 0.25) is 5.91 Å². The first-order valence-corrected chi connectivity index (χ1v) is 5.48. The summed E-state index contributed by atoms with van der Waals surface area (Å²) in [6, 6.07) is 0.